The van der Waals surface area contributed by atoms with E-state index < -0.39 is 4.92 Å². The van der Waals surface area contributed by atoms with Gasteiger partial charge in [0.15, 0.2) is 0 Å². The van der Waals surface area contributed by atoms with Gasteiger partial charge in [0.1, 0.15) is 0 Å². The lowest BCUT2D eigenvalue weighted by atomic mass is 10.2. The van der Waals surface area contributed by atoms with E-state index in [9.17, 15) is 10.1 Å². The molecule has 0 atom stereocenters. The number of non-ortho nitro benzene ring substituents is 1. The number of nitrogens with two attached hydrogens (primary N) is 1. The summed E-state index contributed by atoms with van der Waals surface area (Å²) in [4.78, 5) is 10.2. The van der Waals surface area contributed by atoms with Crippen molar-refractivity contribution in [1.82, 2.24) is 0 Å². The zero-order valence-electron chi connectivity index (χ0n) is 8.21. The van der Waals surface area contributed by atoms with Crippen LogP contribution in [0.5, 0.6) is 0 Å². The molecule has 1 aromatic heterocycles. The first-order valence-electron chi connectivity index (χ1n) is 4.49. The third-order valence-corrected chi connectivity index (χ3v) is 2.64. The summed E-state index contributed by atoms with van der Waals surface area (Å²) in [6, 6.07) is 6.33. The number of nitrogens with one attached hydrogen (secondary N) is 1. The molecule has 0 amide bonds. The molecule has 1 heterocycles. The molecule has 0 bridgehead atoms. The highest BCUT2D eigenvalue weighted by Gasteiger charge is 2.08. The number of hydrogen-bond acceptors (Lipinski definition) is 5. The van der Waals surface area contributed by atoms with Crippen molar-refractivity contribution in [2.24, 2.45) is 0 Å². The van der Waals surface area contributed by atoms with Gasteiger partial charge in [-0.15, -0.1) is 0 Å². The lowest BCUT2D eigenvalue weighted by Gasteiger charge is -2.04. The molecule has 5 nitrogen and oxygen atoms in total. The van der Waals surface area contributed by atoms with Crippen LogP contribution in [0.25, 0.3) is 0 Å². The molecular weight excluding hydrogens is 226 g/mol. The van der Waals surface area contributed by atoms with Gasteiger partial charge in [0, 0.05) is 34.6 Å². The van der Waals surface area contributed by atoms with Gasteiger partial charge in [0.05, 0.1) is 4.92 Å². The lowest BCUT2D eigenvalue weighted by Crippen LogP contribution is -1.95. The lowest BCUT2D eigenvalue weighted by molar-refractivity contribution is -0.384. The van der Waals surface area contributed by atoms with Gasteiger partial charge in [-0.05, 0) is 17.5 Å². The summed E-state index contributed by atoms with van der Waals surface area (Å²) in [5, 5.41) is 17.5. The van der Waals surface area contributed by atoms with E-state index >= 15 is 0 Å². The van der Waals surface area contributed by atoms with E-state index in [4.69, 9.17) is 5.73 Å². The van der Waals surface area contributed by atoms with Gasteiger partial charge in [-0.2, -0.15) is 11.3 Å². The molecular formula is C10H9N3O2S. The monoisotopic (exact) mass is 235 g/mol. The van der Waals surface area contributed by atoms with Crippen molar-refractivity contribution in [3.05, 3.63) is 45.1 Å². The van der Waals surface area contributed by atoms with Crippen LogP contribution in [0.15, 0.2) is 35.0 Å². The standard InChI is InChI=1S/C10H9N3O2S/c11-7-3-9(5-10(4-7)13(14)15)12-8-1-2-16-6-8/h1-6,12H,11H2. The number of nitro groups is 1. The third-order valence-electron chi connectivity index (χ3n) is 1.96. The molecule has 2 rings (SSSR count). The molecule has 0 aliphatic heterocycles. The Morgan fingerprint density at radius 3 is 2.75 bits per heavy atom. The Hall–Kier alpha value is -2.08. The zero-order valence-corrected chi connectivity index (χ0v) is 9.03. The molecule has 6 heteroatoms. The van der Waals surface area contributed by atoms with Crippen molar-refractivity contribution in [2.75, 3.05) is 11.1 Å². The largest absolute Gasteiger partial charge is 0.398 e. The summed E-state index contributed by atoms with van der Waals surface area (Å²) in [6.45, 7) is 0. The van der Waals surface area contributed by atoms with Crippen LogP contribution in [0.4, 0.5) is 22.7 Å². The molecule has 1 aromatic carbocycles. The second kappa shape index (κ2) is 4.19. The normalized spacial score (nSPS) is 10.0. The Bertz CT molecular complexity index is 511. The van der Waals surface area contributed by atoms with Crippen LogP contribution in [0.2, 0.25) is 0 Å². The molecule has 0 unspecified atom stereocenters. The average Bonchev–Trinajstić information content (AvgIpc) is 2.69. The zero-order chi connectivity index (χ0) is 11.5. The third kappa shape index (κ3) is 2.29. The Balaban J connectivity index is 2.31. The molecule has 0 radical (unpaired) electrons. The Morgan fingerprint density at radius 2 is 2.12 bits per heavy atom. The van der Waals surface area contributed by atoms with Gasteiger partial charge in [0.2, 0.25) is 0 Å². The van der Waals surface area contributed by atoms with E-state index in [1.54, 1.807) is 17.4 Å². The fourth-order valence-corrected chi connectivity index (χ4v) is 1.90. The van der Waals surface area contributed by atoms with Gasteiger partial charge < -0.3 is 11.1 Å². The molecule has 0 saturated heterocycles. The van der Waals surface area contributed by atoms with Gasteiger partial charge >= 0.3 is 0 Å². The smallest absolute Gasteiger partial charge is 0.273 e. The number of anilines is 3. The minimum Gasteiger partial charge on any atom is -0.398 e. The van der Waals surface area contributed by atoms with Crippen molar-refractivity contribution in [3.8, 4) is 0 Å². The highest BCUT2D eigenvalue weighted by molar-refractivity contribution is 7.08. The van der Waals surface area contributed by atoms with Gasteiger partial charge in [0.25, 0.3) is 5.69 Å². The number of nitrogen functional groups attached to an aromatic ring is 1. The van der Waals surface area contributed by atoms with E-state index in [0.717, 1.165) is 5.69 Å². The maximum atomic E-state index is 10.6. The first-order valence-corrected chi connectivity index (χ1v) is 5.43. The molecule has 0 aliphatic carbocycles. The van der Waals surface area contributed by atoms with E-state index in [1.165, 1.54) is 12.1 Å². The summed E-state index contributed by atoms with van der Waals surface area (Å²) < 4.78 is 0. The molecule has 0 saturated carbocycles. The maximum Gasteiger partial charge on any atom is 0.273 e. The molecule has 3 N–H and O–H groups in total. The van der Waals surface area contributed by atoms with Crippen molar-refractivity contribution < 1.29 is 4.92 Å². The molecule has 2 aromatic rings. The number of nitro benzene ring substituents is 1. The average molecular weight is 235 g/mol. The minimum atomic E-state index is -0.463. The quantitative estimate of drug-likeness (QED) is 0.487. The van der Waals surface area contributed by atoms with Crippen LogP contribution >= 0.6 is 11.3 Å². The van der Waals surface area contributed by atoms with Crippen LogP contribution in [-0.2, 0) is 0 Å². The van der Waals surface area contributed by atoms with Crippen molar-refractivity contribution in [2.45, 2.75) is 0 Å². The summed E-state index contributed by atoms with van der Waals surface area (Å²) in [5.41, 5.74) is 7.45. The molecule has 16 heavy (non-hydrogen) atoms. The Morgan fingerprint density at radius 1 is 1.31 bits per heavy atom. The van der Waals surface area contributed by atoms with E-state index in [1.807, 2.05) is 16.8 Å². The predicted octanol–water partition coefficient (Wildman–Crippen LogP) is 2.98. The maximum absolute atomic E-state index is 10.6. The predicted molar refractivity (Wildman–Crippen MR) is 65.1 cm³/mol. The summed E-state index contributed by atoms with van der Waals surface area (Å²) in [6.07, 6.45) is 0. The fraction of sp³-hybridized carbons (Fsp3) is 0. The first-order chi connectivity index (χ1) is 7.65. The minimum absolute atomic E-state index is 0.0160. The van der Waals surface area contributed by atoms with Crippen LogP contribution < -0.4 is 11.1 Å². The second-order valence-electron chi connectivity index (χ2n) is 3.21. The number of rotatable bonds is 3. The summed E-state index contributed by atoms with van der Waals surface area (Å²) in [5.74, 6) is 0. The SMILES string of the molecule is Nc1cc(Nc2ccsc2)cc([N+](=O)[O-])c1. The van der Waals surface area contributed by atoms with E-state index in [0.29, 0.717) is 11.4 Å². The number of nitrogens with zero attached hydrogens (tertiary/aromatic N) is 1. The number of benzene rings is 1. The van der Waals surface area contributed by atoms with Gasteiger partial charge in [-0.25, -0.2) is 0 Å². The van der Waals surface area contributed by atoms with E-state index in [-0.39, 0.29) is 5.69 Å². The fourth-order valence-electron chi connectivity index (χ4n) is 1.31. The number of thiophene rings is 1. The second-order valence-corrected chi connectivity index (χ2v) is 3.99. The Labute approximate surface area is 95.7 Å². The number of hydrogen-bond donors (Lipinski definition) is 2. The Kier molecular flexibility index (Phi) is 2.74. The van der Waals surface area contributed by atoms with Crippen molar-refractivity contribution >= 4 is 34.1 Å². The van der Waals surface area contributed by atoms with Gasteiger partial charge in [-0.3, -0.25) is 10.1 Å². The van der Waals surface area contributed by atoms with E-state index in [2.05, 4.69) is 5.32 Å². The summed E-state index contributed by atoms with van der Waals surface area (Å²) >= 11 is 1.55. The van der Waals surface area contributed by atoms with Crippen LogP contribution in [0.1, 0.15) is 0 Å². The molecule has 0 fully saturated rings. The van der Waals surface area contributed by atoms with Crippen LogP contribution in [0.3, 0.4) is 0 Å². The van der Waals surface area contributed by atoms with Crippen LogP contribution in [-0.4, -0.2) is 4.92 Å². The van der Waals surface area contributed by atoms with Crippen molar-refractivity contribution in [3.63, 3.8) is 0 Å². The summed E-state index contributed by atoms with van der Waals surface area (Å²) in [7, 11) is 0. The molecule has 0 aliphatic rings. The topological polar surface area (TPSA) is 81.2 Å². The first kappa shape index (κ1) is 10.4. The highest BCUT2D eigenvalue weighted by Crippen LogP contribution is 2.25. The molecule has 82 valence electrons. The van der Waals surface area contributed by atoms with Gasteiger partial charge in [-0.1, -0.05) is 0 Å². The molecule has 0 spiro atoms. The highest BCUT2D eigenvalue weighted by atomic mass is 32.1. The van der Waals surface area contributed by atoms with Crippen LogP contribution in [0, 0.1) is 10.1 Å². The van der Waals surface area contributed by atoms with Crippen molar-refractivity contribution in [1.29, 1.82) is 0 Å².